The van der Waals surface area contributed by atoms with Crippen molar-refractivity contribution in [2.45, 2.75) is 69.2 Å². The Balaban J connectivity index is 0.000000240. The molecule has 0 unspecified atom stereocenters. The van der Waals surface area contributed by atoms with E-state index in [9.17, 15) is 70.7 Å². The molecule has 0 bridgehead atoms. The molecule has 0 amide bonds. The van der Waals surface area contributed by atoms with Gasteiger partial charge in [0.2, 0.25) is 0 Å². The molecule has 0 aliphatic rings. The second-order valence-corrected chi connectivity index (χ2v) is 17.2. The number of benzene rings is 5. The highest BCUT2D eigenvalue weighted by Gasteiger charge is 2.74. The summed E-state index contributed by atoms with van der Waals surface area (Å²) >= 11 is 5.94. The zero-order chi connectivity index (χ0) is 52.6. The third-order valence-corrected chi connectivity index (χ3v) is 12.0. The minimum atomic E-state index is -6.25. The Hall–Kier alpha value is -6.24. The van der Waals surface area contributed by atoms with Gasteiger partial charge in [0.05, 0.1) is 29.3 Å². The maximum atomic E-state index is 14.7. The summed E-state index contributed by atoms with van der Waals surface area (Å²) in [4.78, 5) is 12.6. The lowest BCUT2D eigenvalue weighted by atomic mass is 9.91. The van der Waals surface area contributed by atoms with Crippen molar-refractivity contribution >= 4 is 43.3 Å². The molecule has 0 aliphatic carbocycles. The number of anilines is 1. The van der Waals surface area contributed by atoms with Crippen molar-refractivity contribution in [3.63, 3.8) is 0 Å². The second-order valence-electron chi connectivity index (χ2n) is 15.4. The maximum Gasteiger partial charge on any atom is 0.435 e. The van der Waals surface area contributed by atoms with Crippen LogP contribution in [0.25, 0.3) is 33.9 Å². The number of nitrogens with zero attached hydrogens (tertiary/aromatic N) is 6. The number of aryl methyl sites for hydroxylation is 2. The highest BCUT2D eigenvalue weighted by Crippen LogP contribution is 2.55. The summed E-state index contributed by atoms with van der Waals surface area (Å²) in [5, 5.41) is 15.9. The van der Waals surface area contributed by atoms with Crippen LogP contribution in [0, 0.1) is 5.82 Å². The highest BCUT2D eigenvalue weighted by molar-refractivity contribution is 9.11. The average molecular weight is 1140 g/mol. The molecule has 5 aromatic carbocycles. The molecule has 0 atom stereocenters. The smallest absolute Gasteiger partial charge is 0.399 e. The number of Topliss-reactive ketones (excluding diaryl/α,β-unsaturated/α-hetero) is 1. The molecule has 7 rings (SSSR count). The van der Waals surface area contributed by atoms with Crippen LogP contribution in [0.2, 0.25) is 0 Å². The average Bonchev–Trinajstić information content (AvgIpc) is 3.98. The number of halogens is 17. The highest BCUT2D eigenvalue weighted by atomic mass is 79.9. The topological polar surface area (TPSA) is 105 Å². The zero-order valence-electron chi connectivity index (χ0n) is 36.1. The first-order chi connectivity index (χ1) is 33.0. The number of carbonyl (C=O) groups is 1. The van der Waals surface area contributed by atoms with E-state index in [1.807, 2.05) is 0 Å². The first kappa shape index (κ1) is 54.1. The van der Waals surface area contributed by atoms with Crippen molar-refractivity contribution in [3.8, 4) is 33.9 Å². The van der Waals surface area contributed by atoms with E-state index >= 15 is 0 Å². The molecule has 0 radical (unpaired) electrons. The molecule has 376 valence electrons. The molecule has 2 heterocycles. The number of nitrogens with two attached hydrogens (primary N) is 1. The number of ketones is 1. The molecule has 2 N–H and O–H groups in total. The van der Waals surface area contributed by atoms with E-state index in [1.54, 1.807) is 54.6 Å². The fourth-order valence-electron chi connectivity index (χ4n) is 7.26. The Bertz CT molecular complexity index is 3040. The summed E-state index contributed by atoms with van der Waals surface area (Å²) in [6.07, 6.45) is -22.3. The Kier molecular flexibility index (Phi) is 15.3. The van der Waals surface area contributed by atoms with Crippen molar-refractivity contribution in [1.29, 1.82) is 0 Å². The van der Waals surface area contributed by atoms with Crippen LogP contribution >= 0.6 is 31.9 Å². The molecule has 0 saturated carbocycles. The first-order valence-electron chi connectivity index (χ1n) is 20.4. The number of hydrogen-bond donors (Lipinski definition) is 1. The molecule has 0 fully saturated rings. The van der Waals surface area contributed by atoms with Gasteiger partial charge in [-0.25, -0.2) is 22.5 Å². The summed E-state index contributed by atoms with van der Waals surface area (Å²) in [5.74, 6) is -1.09. The van der Waals surface area contributed by atoms with Crippen LogP contribution in [0.5, 0.6) is 0 Å². The number of hydrogen-bond acceptors (Lipinski definition) is 6. The molecule has 25 heteroatoms. The molecular formula is C46H32Br2F15N7O. The predicted octanol–water partition coefficient (Wildman–Crippen LogP) is 14.2. The normalized spacial score (nSPS) is 12.7. The van der Waals surface area contributed by atoms with Crippen LogP contribution in [-0.2, 0) is 30.6 Å². The summed E-state index contributed by atoms with van der Waals surface area (Å²) < 4.78 is 204. The molecule has 8 nitrogen and oxygen atoms in total. The number of nitrogen functional groups attached to an aromatic ring is 1. The van der Waals surface area contributed by atoms with Gasteiger partial charge in [-0.2, -0.15) is 52.7 Å². The molecule has 0 spiro atoms. The maximum absolute atomic E-state index is 14.7. The summed E-state index contributed by atoms with van der Waals surface area (Å²) in [7, 11) is 0. The van der Waals surface area contributed by atoms with Gasteiger partial charge in [-0.3, -0.25) is 4.79 Å². The van der Waals surface area contributed by atoms with Crippen LogP contribution in [-0.4, -0.2) is 60.5 Å². The molecular weight excluding hydrogens is 1110 g/mol. The summed E-state index contributed by atoms with van der Waals surface area (Å²) in [5.41, 5.74) is -5.74. The van der Waals surface area contributed by atoms with E-state index in [0.717, 1.165) is 4.68 Å². The van der Waals surface area contributed by atoms with Crippen LogP contribution in [0.3, 0.4) is 0 Å². The van der Waals surface area contributed by atoms with Crippen LogP contribution in [0.4, 0.5) is 71.5 Å². The summed E-state index contributed by atoms with van der Waals surface area (Å²) in [6.45, 7) is 2.98. The first-order valence-corrected chi connectivity index (χ1v) is 21.9. The number of rotatable bonds is 11. The lowest BCUT2D eigenvalue weighted by molar-refractivity contribution is -0.349. The Morgan fingerprint density at radius 1 is 0.563 bits per heavy atom. The SMILES string of the molecule is CCc1cc(C(F)(C(F)(F)F)C(F)(F)F)cc(Br)c1-n1cc(-c2cccc(CC(=O)c3ccccc3F)c2)nn1.CCc1cc(C(F)(C(F)(F)F)C(F)(F)F)cc(Br)c1-n1cc(-c2cccc(N)c2)nn1. The van der Waals surface area contributed by atoms with Gasteiger partial charge in [-0.05, 0) is 116 Å². The van der Waals surface area contributed by atoms with E-state index in [-0.39, 0.29) is 62.0 Å². The Morgan fingerprint density at radius 3 is 1.39 bits per heavy atom. The van der Waals surface area contributed by atoms with Gasteiger partial charge in [0.15, 0.2) is 5.78 Å². The monoisotopic (exact) mass is 1140 g/mol. The molecule has 7 aromatic rings. The van der Waals surface area contributed by atoms with E-state index in [1.165, 1.54) is 49.1 Å². The van der Waals surface area contributed by atoms with Crippen molar-refractivity contribution in [1.82, 2.24) is 30.0 Å². The summed E-state index contributed by atoms with van der Waals surface area (Å²) in [6, 6.07) is 20.7. The van der Waals surface area contributed by atoms with Gasteiger partial charge in [-0.1, -0.05) is 66.7 Å². The molecule has 0 aliphatic heterocycles. The molecule has 71 heavy (non-hydrogen) atoms. The Morgan fingerprint density at radius 2 is 0.986 bits per heavy atom. The quantitative estimate of drug-likeness (QED) is 0.0786. The third kappa shape index (κ3) is 10.7. The Labute approximate surface area is 408 Å². The van der Waals surface area contributed by atoms with E-state index < -0.39 is 58.8 Å². The van der Waals surface area contributed by atoms with E-state index in [4.69, 9.17) is 5.73 Å². The van der Waals surface area contributed by atoms with Crippen molar-refractivity contribution < 1.29 is 70.7 Å². The van der Waals surface area contributed by atoms with Crippen LogP contribution in [0.15, 0.2) is 118 Å². The van der Waals surface area contributed by atoms with Crippen molar-refractivity contribution in [2.75, 3.05) is 5.73 Å². The molecule has 0 saturated heterocycles. The number of aromatic nitrogens is 6. The van der Waals surface area contributed by atoms with Crippen LogP contribution < -0.4 is 5.73 Å². The van der Waals surface area contributed by atoms with Gasteiger partial charge in [0, 0.05) is 43.3 Å². The van der Waals surface area contributed by atoms with E-state index in [0.29, 0.717) is 52.3 Å². The van der Waals surface area contributed by atoms with Crippen molar-refractivity contribution in [2.24, 2.45) is 0 Å². The third-order valence-electron chi connectivity index (χ3n) is 10.8. The molecule has 2 aromatic heterocycles. The van der Waals surface area contributed by atoms with Crippen LogP contribution in [0.1, 0.15) is 52.0 Å². The van der Waals surface area contributed by atoms with E-state index in [2.05, 4.69) is 52.5 Å². The lowest BCUT2D eigenvalue weighted by Gasteiger charge is -2.31. The van der Waals surface area contributed by atoms with Gasteiger partial charge in [-0.15, -0.1) is 10.2 Å². The fraction of sp³-hybridized carbons (Fsp3) is 0.239. The number of alkyl halides is 14. The second kappa shape index (κ2) is 20.1. The largest absolute Gasteiger partial charge is 0.435 e. The zero-order valence-corrected chi connectivity index (χ0v) is 39.3. The standard InChI is InChI=1S/C27H18BrF8N3O.C19H14BrF7N4/c1-2-16-12-18(25(30,26(31,32)33)27(34,35)36)13-20(28)24(16)39-14-22(37-38-39)17-7-5-6-15(10-17)11-23(40)19-8-3-4-9-21(19)29;1-2-10-6-12(17(21,18(22,23)24)19(25,26)27)8-14(20)16(10)31-9-15(29-30-31)11-4-3-5-13(28)7-11/h3-10,12-14H,2,11H2,1H3;3-9H,2,28H2,1H3. The van der Waals surface area contributed by atoms with Gasteiger partial charge in [0.1, 0.15) is 17.2 Å². The predicted molar refractivity (Wildman–Crippen MR) is 236 cm³/mol. The minimum Gasteiger partial charge on any atom is -0.399 e. The minimum absolute atomic E-state index is 0.00104. The number of carbonyl (C=O) groups excluding carboxylic acids is 1. The fourth-order valence-corrected chi connectivity index (χ4v) is 8.62. The van der Waals surface area contributed by atoms with Gasteiger partial charge < -0.3 is 5.73 Å². The van der Waals surface area contributed by atoms with Gasteiger partial charge >= 0.3 is 36.0 Å². The van der Waals surface area contributed by atoms with Crippen molar-refractivity contribution in [3.05, 3.63) is 158 Å². The van der Waals surface area contributed by atoms with Gasteiger partial charge in [0.25, 0.3) is 0 Å². The lowest BCUT2D eigenvalue weighted by Crippen LogP contribution is -2.50.